The Balaban J connectivity index is 1.59. The monoisotopic (exact) mass is 426 g/mol. The molecule has 0 bridgehead atoms. The summed E-state index contributed by atoms with van der Waals surface area (Å²) in [6.07, 6.45) is 2.37. The van der Waals surface area contributed by atoms with Gasteiger partial charge in [0, 0.05) is 11.6 Å². The molecule has 1 saturated heterocycles. The second-order valence-corrected chi connectivity index (χ2v) is 7.78. The molecule has 2 heterocycles. The molecule has 4 rings (SSSR count). The number of carbonyl (C=O) groups excluding carboxylic acids is 2. The van der Waals surface area contributed by atoms with Crippen LogP contribution < -0.4 is 10.5 Å². The van der Waals surface area contributed by atoms with Crippen molar-refractivity contribution in [2.75, 3.05) is 6.54 Å². The summed E-state index contributed by atoms with van der Waals surface area (Å²) in [6, 6.07) is 14.2. The molecule has 1 atom stereocenters. The van der Waals surface area contributed by atoms with E-state index < -0.39 is 11.9 Å². The number of carbonyl (C=O) groups is 2. The maximum Gasteiger partial charge on any atom is 0.243 e. The maximum absolute atomic E-state index is 13.1. The van der Waals surface area contributed by atoms with Crippen molar-refractivity contribution in [3.8, 4) is 5.75 Å². The Morgan fingerprint density at radius 3 is 2.67 bits per heavy atom. The minimum atomic E-state index is -0.546. The van der Waals surface area contributed by atoms with Crippen LogP contribution in [0.15, 0.2) is 48.5 Å². The zero-order chi connectivity index (χ0) is 21.1. The average molecular weight is 427 g/mol. The summed E-state index contributed by atoms with van der Waals surface area (Å²) in [5, 5.41) is 0.630. The lowest BCUT2D eigenvalue weighted by atomic mass is 10.0. The molecule has 1 aliphatic heterocycles. The van der Waals surface area contributed by atoms with E-state index in [9.17, 15) is 9.59 Å². The van der Waals surface area contributed by atoms with Crippen LogP contribution in [0.4, 0.5) is 0 Å². The molecule has 1 fully saturated rings. The standard InChI is InChI=1S/C22H23ClN4O3/c23-15-8-10-16(11-9-15)30-14-20-25-17-5-1-2-6-18(17)27(20)13-21(28)26-12-4-3-7-19(26)22(24)29/h1-2,5-6,8-11,19H,3-4,7,12-14H2,(H2,24,29). The highest BCUT2D eigenvalue weighted by molar-refractivity contribution is 6.30. The normalized spacial score (nSPS) is 16.6. The molecule has 0 spiro atoms. The van der Waals surface area contributed by atoms with E-state index in [2.05, 4.69) is 4.98 Å². The molecule has 1 unspecified atom stereocenters. The third kappa shape index (κ3) is 4.26. The van der Waals surface area contributed by atoms with E-state index in [0.29, 0.717) is 29.6 Å². The fourth-order valence-electron chi connectivity index (χ4n) is 3.84. The Hall–Kier alpha value is -3.06. The Bertz CT molecular complexity index is 1060. The smallest absolute Gasteiger partial charge is 0.243 e. The van der Waals surface area contributed by atoms with Crippen molar-refractivity contribution in [2.24, 2.45) is 5.73 Å². The summed E-state index contributed by atoms with van der Waals surface area (Å²) in [4.78, 5) is 31.2. The minimum Gasteiger partial charge on any atom is -0.486 e. The molecule has 2 N–H and O–H groups in total. The summed E-state index contributed by atoms with van der Waals surface area (Å²) < 4.78 is 7.71. The van der Waals surface area contributed by atoms with Crippen LogP contribution >= 0.6 is 11.6 Å². The van der Waals surface area contributed by atoms with E-state index in [1.54, 1.807) is 29.2 Å². The molecule has 0 aliphatic carbocycles. The van der Waals surface area contributed by atoms with Gasteiger partial charge in [0.15, 0.2) is 0 Å². The number of likely N-dealkylation sites (tertiary alicyclic amines) is 1. The number of para-hydroxylation sites is 2. The van der Waals surface area contributed by atoms with Gasteiger partial charge in [0.2, 0.25) is 11.8 Å². The van der Waals surface area contributed by atoms with Crippen molar-refractivity contribution in [1.29, 1.82) is 0 Å². The van der Waals surface area contributed by atoms with Gasteiger partial charge in [0.1, 0.15) is 30.8 Å². The highest BCUT2D eigenvalue weighted by atomic mass is 35.5. The molecular weight excluding hydrogens is 404 g/mol. The first-order valence-corrected chi connectivity index (χ1v) is 10.3. The largest absolute Gasteiger partial charge is 0.486 e. The summed E-state index contributed by atoms with van der Waals surface area (Å²) in [5.74, 6) is 0.695. The fraction of sp³-hybridized carbons (Fsp3) is 0.318. The number of halogens is 1. The number of imidazole rings is 1. The van der Waals surface area contributed by atoms with Crippen molar-refractivity contribution in [3.05, 3.63) is 59.4 Å². The molecular formula is C22H23ClN4O3. The van der Waals surface area contributed by atoms with Crippen LogP contribution in [0.2, 0.25) is 5.02 Å². The lowest BCUT2D eigenvalue weighted by Crippen LogP contribution is -2.51. The van der Waals surface area contributed by atoms with E-state index in [4.69, 9.17) is 22.1 Å². The highest BCUT2D eigenvalue weighted by Crippen LogP contribution is 2.22. The first-order chi connectivity index (χ1) is 14.5. The zero-order valence-corrected chi connectivity index (χ0v) is 17.2. The topological polar surface area (TPSA) is 90.5 Å². The second-order valence-electron chi connectivity index (χ2n) is 7.35. The number of hydrogen-bond acceptors (Lipinski definition) is 4. The highest BCUT2D eigenvalue weighted by Gasteiger charge is 2.31. The van der Waals surface area contributed by atoms with Crippen molar-refractivity contribution in [3.63, 3.8) is 0 Å². The number of ether oxygens (including phenoxy) is 1. The van der Waals surface area contributed by atoms with Gasteiger partial charge in [-0.3, -0.25) is 9.59 Å². The Kier molecular flexibility index (Phi) is 5.90. The number of benzene rings is 2. The third-order valence-corrected chi connectivity index (χ3v) is 5.61. The number of nitrogens with zero attached hydrogens (tertiary/aromatic N) is 3. The number of amides is 2. The van der Waals surface area contributed by atoms with Crippen LogP contribution in [0.1, 0.15) is 25.1 Å². The van der Waals surface area contributed by atoms with Gasteiger partial charge in [0.05, 0.1) is 11.0 Å². The molecule has 7 nitrogen and oxygen atoms in total. The van der Waals surface area contributed by atoms with Crippen LogP contribution in [0, 0.1) is 0 Å². The van der Waals surface area contributed by atoms with Crippen molar-refractivity contribution >= 4 is 34.4 Å². The number of nitrogens with two attached hydrogens (primary N) is 1. The Labute approximate surface area is 179 Å². The summed E-state index contributed by atoms with van der Waals surface area (Å²) in [5.41, 5.74) is 7.15. The number of primary amides is 1. The number of aromatic nitrogens is 2. The van der Waals surface area contributed by atoms with Gasteiger partial charge in [-0.25, -0.2) is 4.98 Å². The van der Waals surface area contributed by atoms with E-state index >= 15 is 0 Å². The van der Waals surface area contributed by atoms with Gasteiger partial charge in [-0.1, -0.05) is 23.7 Å². The van der Waals surface area contributed by atoms with E-state index in [0.717, 1.165) is 23.9 Å². The Morgan fingerprint density at radius 2 is 1.90 bits per heavy atom. The summed E-state index contributed by atoms with van der Waals surface area (Å²) in [6.45, 7) is 0.808. The van der Waals surface area contributed by atoms with Crippen LogP contribution in [-0.4, -0.2) is 38.9 Å². The van der Waals surface area contributed by atoms with Gasteiger partial charge in [-0.2, -0.15) is 0 Å². The van der Waals surface area contributed by atoms with Crippen LogP contribution in [0.25, 0.3) is 11.0 Å². The molecule has 3 aromatic rings. The summed E-state index contributed by atoms with van der Waals surface area (Å²) >= 11 is 5.93. The van der Waals surface area contributed by atoms with Gasteiger partial charge < -0.3 is 19.9 Å². The third-order valence-electron chi connectivity index (χ3n) is 5.36. The molecule has 8 heteroatoms. The first kappa shape index (κ1) is 20.2. The molecule has 0 saturated carbocycles. The second kappa shape index (κ2) is 8.75. The minimum absolute atomic E-state index is 0.0730. The molecule has 30 heavy (non-hydrogen) atoms. The van der Waals surface area contributed by atoms with E-state index in [1.165, 1.54) is 0 Å². The average Bonchev–Trinajstić information content (AvgIpc) is 3.10. The van der Waals surface area contributed by atoms with Gasteiger partial charge in [-0.05, 0) is 55.7 Å². The number of piperidine rings is 1. The fourth-order valence-corrected chi connectivity index (χ4v) is 3.97. The van der Waals surface area contributed by atoms with Crippen LogP contribution in [-0.2, 0) is 22.7 Å². The van der Waals surface area contributed by atoms with Crippen molar-refractivity contribution < 1.29 is 14.3 Å². The first-order valence-electron chi connectivity index (χ1n) is 9.94. The Morgan fingerprint density at radius 1 is 1.13 bits per heavy atom. The lowest BCUT2D eigenvalue weighted by molar-refractivity contribution is -0.141. The molecule has 0 radical (unpaired) electrons. The predicted molar refractivity (Wildman–Crippen MR) is 114 cm³/mol. The lowest BCUT2D eigenvalue weighted by Gasteiger charge is -2.34. The molecule has 2 aromatic carbocycles. The number of rotatable bonds is 6. The quantitative estimate of drug-likeness (QED) is 0.655. The van der Waals surface area contributed by atoms with Gasteiger partial charge in [-0.15, -0.1) is 0 Å². The van der Waals surface area contributed by atoms with Gasteiger partial charge >= 0.3 is 0 Å². The number of hydrogen-bond donors (Lipinski definition) is 1. The van der Waals surface area contributed by atoms with Gasteiger partial charge in [0.25, 0.3) is 0 Å². The van der Waals surface area contributed by atoms with Crippen molar-refractivity contribution in [1.82, 2.24) is 14.5 Å². The summed E-state index contributed by atoms with van der Waals surface area (Å²) in [7, 11) is 0. The molecule has 1 aliphatic rings. The molecule has 156 valence electrons. The maximum atomic E-state index is 13.1. The SMILES string of the molecule is NC(=O)C1CCCCN1C(=O)Cn1c(COc2ccc(Cl)cc2)nc2ccccc21. The predicted octanol–water partition coefficient (Wildman–Crippen LogP) is 3.14. The molecule has 1 aromatic heterocycles. The van der Waals surface area contributed by atoms with Crippen molar-refractivity contribution in [2.45, 2.75) is 38.5 Å². The van der Waals surface area contributed by atoms with Crippen LogP contribution in [0.3, 0.4) is 0 Å². The van der Waals surface area contributed by atoms with E-state index in [-0.39, 0.29) is 19.1 Å². The zero-order valence-electron chi connectivity index (χ0n) is 16.5. The van der Waals surface area contributed by atoms with Crippen LogP contribution in [0.5, 0.6) is 5.75 Å². The van der Waals surface area contributed by atoms with E-state index in [1.807, 2.05) is 28.8 Å². The molecule has 2 amide bonds. The number of fused-ring (bicyclic) bond motifs is 1.